The molecule has 5 rings (SSSR count). The minimum absolute atomic E-state index is 0.0329. The molecular weight excluding hydrogens is 568 g/mol. The van der Waals surface area contributed by atoms with Gasteiger partial charge < -0.3 is 21.0 Å². The number of terminal acetylenes is 1. The number of aromatic nitrogens is 6. The van der Waals surface area contributed by atoms with Crippen LogP contribution in [0.3, 0.4) is 0 Å². The topological polar surface area (TPSA) is 204 Å². The summed E-state index contributed by atoms with van der Waals surface area (Å²) in [6, 6.07) is -0.985. The summed E-state index contributed by atoms with van der Waals surface area (Å²) in [5.74, 6) is 0.395. The zero-order valence-electron chi connectivity index (χ0n) is 20.0. The summed E-state index contributed by atoms with van der Waals surface area (Å²) in [5, 5.41) is 27.7. The molecule has 18 heteroatoms. The predicted octanol–water partition coefficient (Wildman–Crippen LogP) is -0.290. The number of hydrogen-bond donors (Lipinski definition) is 3. The van der Waals surface area contributed by atoms with Gasteiger partial charge in [-0.05, 0) is 34.9 Å². The normalized spacial score (nSPS) is 22.3. The Labute approximate surface area is 233 Å². The van der Waals surface area contributed by atoms with Gasteiger partial charge in [-0.15, -0.1) is 23.3 Å². The lowest BCUT2D eigenvalue weighted by molar-refractivity contribution is -0.150. The molecule has 2 aromatic heterocycles. The molecule has 2 amide bonds. The van der Waals surface area contributed by atoms with Crippen molar-refractivity contribution in [3.05, 3.63) is 29.2 Å². The zero-order valence-corrected chi connectivity index (χ0v) is 22.4. The van der Waals surface area contributed by atoms with E-state index in [0.29, 0.717) is 22.9 Å². The lowest BCUT2D eigenvalue weighted by Crippen LogP contribution is -2.71. The number of β-lactam (4-membered cyclic amide) rings is 1. The van der Waals surface area contributed by atoms with Crippen LogP contribution in [0.15, 0.2) is 33.7 Å². The van der Waals surface area contributed by atoms with E-state index in [9.17, 15) is 19.5 Å². The predicted molar refractivity (Wildman–Crippen MR) is 141 cm³/mol. The number of fused-ring (bicyclic) bond motifs is 1. The van der Waals surface area contributed by atoms with Gasteiger partial charge in [-0.2, -0.15) is 9.36 Å². The number of tetrazole rings is 1. The number of carboxylic acids is 1. The molecule has 2 unspecified atom stereocenters. The van der Waals surface area contributed by atoms with Crippen LogP contribution in [0.4, 0.5) is 5.13 Å². The number of anilines is 1. The molecule has 0 radical (unpaired) electrons. The molecule has 4 heterocycles. The minimum atomic E-state index is -1.25. The zero-order chi connectivity index (χ0) is 27.5. The molecule has 0 saturated carbocycles. The van der Waals surface area contributed by atoms with E-state index in [4.69, 9.17) is 17.0 Å². The van der Waals surface area contributed by atoms with Crippen molar-refractivity contribution in [2.45, 2.75) is 42.1 Å². The van der Waals surface area contributed by atoms with Gasteiger partial charge >= 0.3 is 5.97 Å². The van der Waals surface area contributed by atoms with Gasteiger partial charge in [0.25, 0.3) is 11.8 Å². The van der Waals surface area contributed by atoms with E-state index in [1.165, 1.54) is 33.1 Å². The van der Waals surface area contributed by atoms with Crippen LogP contribution < -0.4 is 11.1 Å². The van der Waals surface area contributed by atoms with Crippen molar-refractivity contribution in [2.75, 3.05) is 17.2 Å². The fraction of sp³-hybridized carbons (Fsp3) is 0.381. The summed E-state index contributed by atoms with van der Waals surface area (Å²) in [7, 11) is 0. The highest BCUT2D eigenvalue weighted by molar-refractivity contribution is 8.01. The molecule has 2 aromatic rings. The van der Waals surface area contributed by atoms with Crippen molar-refractivity contribution in [1.29, 1.82) is 0 Å². The first-order valence-electron chi connectivity index (χ1n) is 11.4. The Kier molecular flexibility index (Phi) is 7.81. The molecule has 202 valence electrons. The highest BCUT2D eigenvalue weighted by Crippen LogP contribution is 2.41. The van der Waals surface area contributed by atoms with Crippen molar-refractivity contribution in [1.82, 2.24) is 39.8 Å². The third-order valence-corrected chi connectivity index (χ3v) is 8.69. The molecule has 4 N–H and O–H groups in total. The number of nitrogens with zero attached hydrogens (tertiary/aromatic N) is 8. The van der Waals surface area contributed by atoms with Crippen LogP contribution in [0.1, 0.15) is 18.7 Å². The number of aliphatic carboxylic acids is 1. The highest BCUT2D eigenvalue weighted by Gasteiger charge is 2.54. The molecule has 1 saturated heterocycles. The SMILES string of the molecule is C#CCn1nnnc1SCC1=C(C(=O)O)N2C(=O)C(NC(=O)C(=NOC3C=CCC3)c3nsc(N)n3)[C@H]2SC1. The quantitative estimate of drug-likeness (QED) is 0.0816. The van der Waals surface area contributed by atoms with Gasteiger partial charge in [0, 0.05) is 23.0 Å². The number of nitrogens with two attached hydrogens (primary N) is 1. The molecule has 0 aromatic carbocycles. The number of oxime groups is 1. The maximum Gasteiger partial charge on any atom is 0.352 e. The van der Waals surface area contributed by atoms with Gasteiger partial charge in [0.2, 0.25) is 16.7 Å². The minimum Gasteiger partial charge on any atom is -0.477 e. The number of nitrogens with one attached hydrogen (secondary N) is 1. The standard InChI is InChI=1S/C21H20N10O5S3/c1-2-7-30-21(25-28-29-30)38-9-10-8-37-18-13(17(33)31(18)14(10)19(34)35)23-16(32)12(15-24-20(22)39-27-15)26-36-11-5-3-4-6-11/h1,3,5,11,13,18H,4,6-9H2,(H,23,32)(H,34,35)(H2,22,24,27)/t11?,13?,18-/m1/s1. The molecule has 0 spiro atoms. The number of allylic oxidation sites excluding steroid dienone is 1. The van der Waals surface area contributed by atoms with Crippen LogP contribution in [0, 0.1) is 12.3 Å². The van der Waals surface area contributed by atoms with E-state index in [1.54, 1.807) is 0 Å². The van der Waals surface area contributed by atoms with Crippen molar-refractivity contribution in [2.24, 2.45) is 5.16 Å². The van der Waals surface area contributed by atoms with Gasteiger partial charge in [-0.3, -0.25) is 14.5 Å². The van der Waals surface area contributed by atoms with Crippen molar-refractivity contribution >= 4 is 63.7 Å². The number of amides is 2. The Balaban J connectivity index is 1.30. The monoisotopic (exact) mass is 588 g/mol. The summed E-state index contributed by atoms with van der Waals surface area (Å²) in [5.41, 5.74) is 5.84. The number of carboxylic acid groups (broad SMARTS) is 1. The third kappa shape index (κ3) is 5.46. The van der Waals surface area contributed by atoms with E-state index in [2.05, 4.69) is 41.3 Å². The molecule has 1 aliphatic carbocycles. The molecule has 3 atom stereocenters. The van der Waals surface area contributed by atoms with Crippen LogP contribution in [-0.2, 0) is 25.8 Å². The summed E-state index contributed by atoms with van der Waals surface area (Å²) in [6.07, 6.45) is 10.3. The summed E-state index contributed by atoms with van der Waals surface area (Å²) in [4.78, 5) is 49.1. The van der Waals surface area contributed by atoms with E-state index >= 15 is 0 Å². The Bertz CT molecular complexity index is 1440. The number of hydrogen-bond acceptors (Lipinski definition) is 14. The maximum absolute atomic E-state index is 13.2. The van der Waals surface area contributed by atoms with Crippen LogP contribution in [-0.4, -0.2) is 92.1 Å². The average molecular weight is 589 g/mol. The van der Waals surface area contributed by atoms with Crippen molar-refractivity contribution in [3.8, 4) is 12.3 Å². The van der Waals surface area contributed by atoms with Gasteiger partial charge in [-0.1, -0.05) is 28.9 Å². The first kappa shape index (κ1) is 26.6. The molecular formula is C21H20N10O5S3. The maximum atomic E-state index is 13.2. The smallest absolute Gasteiger partial charge is 0.352 e. The lowest BCUT2D eigenvalue weighted by atomic mass is 10.0. The van der Waals surface area contributed by atoms with Gasteiger partial charge in [0.05, 0.1) is 0 Å². The number of carbonyl (C=O) groups is 3. The first-order valence-corrected chi connectivity index (χ1v) is 14.2. The largest absolute Gasteiger partial charge is 0.477 e. The van der Waals surface area contributed by atoms with Gasteiger partial charge in [-0.25, -0.2) is 9.48 Å². The van der Waals surface area contributed by atoms with E-state index in [1.807, 2.05) is 12.2 Å². The molecule has 1 fully saturated rings. The lowest BCUT2D eigenvalue weighted by Gasteiger charge is -2.49. The Morgan fingerprint density at radius 3 is 2.97 bits per heavy atom. The van der Waals surface area contributed by atoms with E-state index < -0.39 is 29.2 Å². The van der Waals surface area contributed by atoms with Crippen LogP contribution in [0.5, 0.6) is 0 Å². The highest BCUT2D eigenvalue weighted by atomic mass is 32.2. The summed E-state index contributed by atoms with van der Waals surface area (Å²) >= 11 is 3.43. The Morgan fingerprint density at radius 2 is 2.28 bits per heavy atom. The summed E-state index contributed by atoms with van der Waals surface area (Å²) in [6.45, 7) is 0.166. The molecule has 15 nitrogen and oxygen atoms in total. The van der Waals surface area contributed by atoms with Crippen LogP contribution >= 0.6 is 35.1 Å². The second-order valence-electron chi connectivity index (χ2n) is 8.28. The average Bonchev–Trinajstić information content (AvgIpc) is 3.69. The number of nitrogen functional groups attached to an aromatic ring is 1. The summed E-state index contributed by atoms with van der Waals surface area (Å²) < 4.78 is 5.46. The van der Waals surface area contributed by atoms with Gasteiger partial charge in [0.1, 0.15) is 29.8 Å². The van der Waals surface area contributed by atoms with Crippen LogP contribution in [0.25, 0.3) is 0 Å². The fourth-order valence-electron chi connectivity index (χ4n) is 3.97. The van der Waals surface area contributed by atoms with Crippen molar-refractivity contribution < 1.29 is 24.3 Å². The second-order valence-corrected chi connectivity index (χ2v) is 11.1. The Hall–Kier alpha value is -3.95. The Morgan fingerprint density at radius 1 is 1.44 bits per heavy atom. The second kappa shape index (κ2) is 11.4. The van der Waals surface area contributed by atoms with E-state index in [0.717, 1.165) is 18.0 Å². The number of rotatable bonds is 10. The molecule has 2 aliphatic heterocycles. The van der Waals surface area contributed by atoms with Crippen LogP contribution in [0.2, 0.25) is 0 Å². The first-order chi connectivity index (χ1) is 18.9. The molecule has 39 heavy (non-hydrogen) atoms. The molecule has 3 aliphatic rings. The third-order valence-electron chi connectivity index (χ3n) is 5.77. The number of carbonyl (C=O) groups excluding carboxylic acids is 2. The fourth-order valence-corrected chi connectivity index (χ4v) is 6.77. The molecule has 0 bridgehead atoms. The van der Waals surface area contributed by atoms with Crippen molar-refractivity contribution in [3.63, 3.8) is 0 Å². The number of thioether (sulfide) groups is 2. The van der Waals surface area contributed by atoms with E-state index in [-0.39, 0.29) is 40.8 Å². The van der Waals surface area contributed by atoms with Gasteiger partial charge in [0.15, 0.2) is 5.13 Å².